The maximum Gasteiger partial charge on any atom is 0.243 e. The molecule has 2 aromatic rings. The van der Waals surface area contributed by atoms with Crippen molar-refractivity contribution in [2.24, 2.45) is 5.92 Å². The van der Waals surface area contributed by atoms with Gasteiger partial charge in [0.2, 0.25) is 15.9 Å². The maximum absolute atomic E-state index is 13.0. The van der Waals surface area contributed by atoms with Gasteiger partial charge in [0.25, 0.3) is 0 Å². The van der Waals surface area contributed by atoms with E-state index in [2.05, 4.69) is 10.3 Å². The first kappa shape index (κ1) is 19.5. The highest BCUT2D eigenvalue weighted by Gasteiger charge is 2.33. The minimum absolute atomic E-state index is 0.0553. The van der Waals surface area contributed by atoms with Crippen LogP contribution in [0.1, 0.15) is 48.4 Å². The van der Waals surface area contributed by atoms with E-state index in [1.807, 2.05) is 31.4 Å². The summed E-state index contributed by atoms with van der Waals surface area (Å²) in [6.07, 6.45) is 3.42. The number of hydrogen-bond acceptors (Lipinski definition) is 5. The molecule has 150 valence electrons. The van der Waals surface area contributed by atoms with Gasteiger partial charge >= 0.3 is 0 Å². The van der Waals surface area contributed by atoms with Crippen LogP contribution in [-0.2, 0) is 14.8 Å². The fourth-order valence-electron chi connectivity index (χ4n) is 3.70. The number of nitrogens with zero attached hydrogens (tertiary/aromatic N) is 2. The highest BCUT2D eigenvalue weighted by atomic mass is 32.2. The minimum atomic E-state index is -3.53. The molecule has 0 bridgehead atoms. The lowest BCUT2D eigenvalue weighted by Crippen LogP contribution is -2.41. The number of nitrogens with one attached hydrogen (secondary N) is 1. The number of thiazole rings is 1. The van der Waals surface area contributed by atoms with E-state index in [1.165, 1.54) is 28.5 Å². The van der Waals surface area contributed by atoms with E-state index < -0.39 is 10.0 Å². The summed E-state index contributed by atoms with van der Waals surface area (Å²) in [6.45, 7) is 4.49. The van der Waals surface area contributed by atoms with Gasteiger partial charge in [-0.1, -0.05) is 17.7 Å². The molecule has 0 atom stereocenters. The molecule has 1 aliphatic carbocycles. The van der Waals surface area contributed by atoms with E-state index in [-0.39, 0.29) is 11.8 Å². The van der Waals surface area contributed by atoms with Gasteiger partial charge < -0.3 is 5.32 Å². The first-order chi connectivity index (χ1) is 13.3. The number of hydrogen-bond donors (Lipinski definition) is 1. The van der Waals surface area contributed by atoms with Crippen molar-refractivity contribution < 1.29 is 13.2 Å². The molecule has 28 heavy (non-hydrogen) atoms. The molecule has 1 aromatic heterocycles. The zero-order valence-corrected chi connectivity index (χ0v) is 17.8. The normalized spacial score (nSPS) is 18.9. The van der Waals surface area contributed by atoms with Gasteiger partial charge in [0.1, 0.15) is 0 Å². The van der Waals surface area contributed by atoms with Crippen LogP contribution in [0, 0.1) is 19.8 Å². The summed E-state index contributed by atoms with van der Waals surface area (Å²) in [5, 5.41) is 5.59. The average Bonchev–Trinajstić information content (AvgIpc) is 3.41. The molecule has 0 spiro atoms. The Kier molecular flexibility index (Phi) is 5.28. The first-order valence-electron chi connectivity index (χ1n) is 9.68. The Balaban J connectivity index is 1.37. The summed E-state index contributed by atoms with van der Waals surface area (Å²) in [5.41, 5.74) is 2.88. The van der Waals surface area contributed by atoms with Crippen LogP contribution in [0.15, 0.2) is 28.5 Å². The molecule has 1 saturated heterocycles. The van der Waals surface area contributed by atoms with Crippen LogP contribution in [0.4, 0.5) is 5.13 Å². The third kappa shape index (κ3) is 3.99. The second kappa shape index (κ2) is 7.57. The summed E-state index contributed by atoms with van der Waals surface area (Å²) < 4.78 is 27.5. The first-order valence-corrected chi connectivity index (χ1v) is 12.0. The Labute approximate surface area is 170 Å². The molecule has 1 aliphatic heterocycles. The molecule has 0 unspecified atom stereocenters. The van der Waals surface area contributed by atoms with E-state index >= 15 is 0 Å². The Morgan fingerprint density at radius 3 is 2.54 bits per heavy atom. The maximum atomic E-state index is 13.0. The number of aromatic nitrogens is 1. The van der Waals surface area contributed by atoms with Gasteiger partial charge in [-0.2, -0.15) is 4.31 Å². The minimum Gasteiger partial charge on any atom is -0.302 e. The fourth-order valence-corrected chi connectivity index (χ4v) is 6.17. The lowest BCUT2D eigenvalue weighted by Gasteiger charge is -2.30. The number of amides is 1. The number of piperidine rings is 1. The zero-order chi connectivity index (χ0) is 19.9. The summed E-state index contributed by atoms with van der Waals surface area (Å²) in [6, 6.07) is 5.39. The van der Waals surface area contributed by atoms with Gasteiger partial charge in [0, 0.05) is 30.3 Å². The van der Waals surface area contributed by atoms with Gasteiger partial charge in [0.05, 0.1) is 10.6 Å². The number of aryl methyl sites for hydroxylation is 2. The predicted octanol–water partition coefficient (Wildman–Crippen LogP) is 3.68. The Bertz CT molecular complexity index is 988. The number of carbonyl (C=O) groups is 1. The Morgan fingerprint density at radius 1 is 1.18 bits per heavy atom. The molecule has 1 saturated carbocycles. The Hall–Kier alpha value is -1.77. The van der Waals surface area contributed by atoms with Crippen LogP contribution in [-0.4, -0.2) is 36.7 Å². The van der Waals surface area contributed by atoms with Crippen molar-refractivity contribution in [3.8, 4) is 0 Å². The van der Waals surface area contributed by atoms with Crippen LogP contribution in [0.5, 0.6) is 0 Å². The predicted molar refractivity (Wildman–Crippen MR) is 110 cm³/mol. The van der Waals surface area contributed by atoms with Crippen molar-refractivity contribution in [2.45, 2.75) is 50.3 Å². The van der Waals surface area contributed by atoms with Crippen molar-refractivity contribution in [1.29, 1.82) is 0 Å². The molecule has 0 radical (unpaired) electrons. The van der Waals surface area contributed by atoms with Crippen molar-refractivity contribution in [1.82, 2.24) is 9.29 Å². The summed E-state index contributed by atoms with van der Waals surface area (Å²) in [4.78, 5) is 17.4. The molecule has 2 heterocycles. The number of sulfonamides is 1. The SMILES string of the molecule is Cc1ccc(S(=O)(=O)N2CCC(C(=O)Nc3nc(C4CC4)cs3)CC2)c(C)c1. The number of carbonyl (C=O) groups excluding carboxylic acids is 1. The van der Waals surface area contributed by atoms with Crippen LogP contribution >= 0.6 is 11.3 Å². The monoisotopic (exact) mass is 419 g/mol. The van der Waals surface area contributed by atoms with Crippen LogP contribution < -0.4 is 5.32 Å². The summed E-state index contributed by atoms with van der Waals surface area (Å²) in [7, 11) is -3.53. The molecule has 1 aromatic carbocycles. The smallest absolute Gasteiger partial charge is 0.243 e. The average molecular weight is 420 g/mol. The van der Waals surface area contributed by atoms with Crippen molar-refractivity contribution in [3.63, 3.8) is 0 Å². The molecular formula is C20H25N3O3S2. The second-order valence-electron chi connectivity index (χ2n) is 7.79. The van der Waals surface area contributed by atoms with Crippen LogP contribution in [0.25, 0.3) is 0 Å². The lowest BCUT2D eigenvalue weighted by atomic mass is 9.97. The standard InChI is InChI=1S/C20H25N3O3S2/c1-13-3-6-18(14(2)11-13)28(25,26)23-9-7-16(8-10-23)19(24)22-20-21-17(12-27-20)15-4-5-15/h3,6,11-12,15-16H,4-5,7-10H2,1-2H3,(H,21,22,24). The highest BCUT2D eigenvalue weighted by molar-refractivity contribution is 7.89. The highest BCUT2D eigenvalue weighted by Crippen LogP contribution is 2.41. The van der Waals surface area contributed by atoms with Crippen molar-refractivity contribution >= 4 is 32.4 Å². The van der Waals surface area contributed by atoms with E-state index in [0.717, 1.165) is 16.8 Å². The quantitative estimate of drug-likeness (QED) is 0.802. The molecule has 1 amide bonds. The fraction of sp³-hybridized carbons (Fsp3) is 0.500. The number of anilines is 1. The van der Waals surface area contributed by atoms with Gasteiger partial charge in [0.15, 0.2) is 5.13 Å². The second-order valence-corrected chi connectivity index (χ2v) is 10.6. The van der Waals surface area contributed by atoms with Gasteiger partial charge in [-0.05, 0) is 51.2 Å². The molecule has 6 nitrogen and oxygen atoms in total. The number of rotatable bonds is 5. The topological polar surface area (TPSA) is 79.4 Å². The Morgan fingerprint density at radius 2 is 1.89 bits per heavy atom. The van der Waals surface area contributed by atoms with E-state index in [0.29, 0.717) is 41.9 Å². The molecular weight excluding hydrogens is 394 g/mol. The zero-order valence-electron chi connectivity index (χ0n) is 16.1. The van der Waals surface area contributed by atoms with Crippen molar-refractivity contribution in [2.75, 3.05) is 18.4 Å². The number of benzene rings is 1. The third-order valence-corrected chi connectivity index (χ3v) is 8.36. The van der Waals surface area contributed by atoms with Gasteiger partial charge in [-0.15, -0.1) is 11.3 Å². The third-order valence-electron chi connectivity index (χ3n) is 5.52. The molecule has 8 heteroatoms. The summed E-state index contributed by atoms with van der Waals surface area (Å²) >= 11 is 1.47. The van der Waals surface area contributed by atoms with E-state index in [9.17, 15) is 13.2 Å². The van der Waals surface area contributed by atoms with Crippen LogP contribution in [0.2, 0.25) is 0 Å². The molecule has 1 N–H and O–H groups in total. The van der Waals surface area contributed by atoms with E-state index in [4.69, 9.17) is 0 Å². The van der Waals surface area contributed by atoms with Crippen LogP contribution in [0.3, 0.4) is 0 Å². The van der Waals surface area contributed by atoms with Gasteiger partial charge in [-0.3, -0.25) is 4.79 Å². The van der Waals surface area contributed by atoms with E-state index in [1.54, 1.807) is 6.07 Å². The summed E-state index contributed by atoms with van der Waals surface area (Å²) in [5.74, 6) is 0.333. The van der Waals surface area contributed by atoms with Gasteiger partial charge in [-0.25, -0.2) is 13.4 Å². The molecule has 2 fully saturated rings. The lowest BCUT2D eigenvalue weighted by molar-refractivity contribution is -0.120. The largest absolute Gasteiger partial charge is 0.302 e. The molecule has 2 aliphatic rings. The van der Waals surface area contributed by atoms with Crippen molar-refractivity contribution in [3.05, 3.63) is 40.4 Å². The molecule has 4 rings (SSSR count).